The summed E-state index contributed by atoms with van der Waals surface area (Å²) in [5, 5.41) is 2.91. The number of benzene rings is 1. The molecule has 0 bridgehead atoms. The number of aryl methyl sites for hydroxylation is 1. The van der Waals surface area contributed by atoms with Crippen molar-refractivity contribution in [2.24, 2.45) is 5.92 Å². The number of esters is 1. The van der Waals surface area contributed by atoms with Gasteiger partial charge in [0, 0.05) is 38.3 Å². The SMILES string of the molecule is COC(=O)[C@H](Cc1cn(CCC(C)C)cn1)N1CC[C@H](NC(=O)OCc2ccccc2)C1. The van der Waals surface area contributed by atoms with Gasteiger partial charge in [0.05, 0.1) is 19.1 Å². The molecule has 0 spiro atoms. The zero-order valence-electron chi connectivity index (χ0n) is 19.2. The van der Waals surface area contributed by atoms with Gasteiger partial charge in [0.2, 0.25) is 0 Å². The lowest BCUT2D eigenvalue weighted by atomic mass is 10.1. The highest BCUT2D eigenvalue weighted by atomic mass is 16.5. The highest BCUT2D eigenvalue weighted by Gasteiger charge is 2.34. The van der Waals surface area contributed by atoms with Gasteiger partial charge in [-0.05, 0) is 24.3 Å². The van der Waals surface area contributed by atoms with Crippen LogP contribution in [-0.4, -0.2) is 58.8 Å². The third-order valence-corrected chi connectivity index (χ3v) is 5.72. The van der Waals surface area contributed by atoms with E-state index in [0.717, 1.165) is 30.6 Å². The maximum atomic E-state index is 12.5. The highest BCUT2D eigenvalue weighted by molar-refractivity contribution is 5.76. The first-order chi connectivity index (χ1) is 15.4. The van der Waals surface area contributed by atoms with Gasteiger partial charge < -0.3 is 19.4 Å². The van der Waals surface area contributed by atoms with E-state index in [1.54, 1.807) is 0 Å². The van der Waals surface area contributed by atoms with Crippen LogP contribution < -0.4 is 5.32 Å². The Hall–Kier alpha value is -2.87. The van der Waals surface area contributed by atoms with Crippen LogP contribution in [0.2, 0.25) is 0 Å². The van der Waals surface area contributed by atoms with Crippen molar-refractivity contribution in [1.29, 1.82) is 0 Å². The number of ether oxygens (including phenoxy) is 2. The monoisotopic (exact) mass is 442 g/mol. The topological polar surface area (TPSA) is 85.7 Å². The van der Waals surface area contributed by atoms with Gasteiger partial charge in [0.25, 0.3) is 0 Å². The molecule has 8 nitrogen and oxygen atoms in total. The first-order valence-corrected chi connectivity index (χ1v) is 11.2. The smallest absolute Gasteiger partial charge is 0.407 e. The van der Waals surface area contributed by atoms with Crippen molar-refractivity contribution < 1.29 is 19.1 Å². The van der Waals surface area contributed by atoms with E-state index < -0.39 is 12.1 Å². The zero-order valence-corrected chi connectivity index (χ0v) is 19.2. The molecular formula is C24H34N4O4. The molecular weight excluding hydrogens is 408 g/mol. The van der Waals surface area contributed by atoms with E-state index in [0.29, 0.717) is 25.4 Å². The molecule has 0 aliphatic carbocycles. The van der Waals surface area contributed by atoms with E-state index in [2.05, 4.69) is 33.6 Å². The molecule has 174 valence electrons. The first-order valence-electron chi connectivity index (χ1n) is 11.2. The molecule has 2 aromatic rings. The van der Waals surface area contributed by atoms with Gasteiger partial charge in [-0.3, -0.25) is 9.69 Å². The second kappa shape index (κ2) is 11.7. The molecule has 1 saturated heterocycles. The molecule has 1 aromatic carbocycles. The van der Waals surface area contributed by atoms with E-state index >= 15 is 0 Å². The number of alkyl carbamates (subject to hydrolysis) is 1. The lowest BCUT2D eigenvalue weighted by Gasteiger charge is -2.25. The summed E-state index contributed by atoms with van der Waals surface area (Å²) in [5.74, 6) is 0.339. The van der Waals surface area contributed by atoms with E-state index in [4.69, 9.17) is 9.47 Å². The molecule has 0 unspecified atom stereocenters. The average Bonchev–Trinajstić information content (AvgIpc) is 3.44. The number of aromatic nitrogens is 2. The lowest BCUT2D eigenvalue weighted by molar-refractivity contribution is -0.146. The summed E-state index contributed by atoms with van der Waals surface area (Å²) in [6.07, 6.45) is 5.69. The number of hydrogen-bond donors (Lipinski definition) is 1. The molecule has 1 amide bonds. The van der Waals surface area contributed by atoms with Crippen molar-refractivity contribution in [3.63, 3.8) is 0 Å². The second-order valence-electron chi connectivity index (χ2n) is 8.72. The number of likely N-dealkylation sites (tertiary alicyclic amines) is 1. The quantitative estimate of drug-likeness (QED) is 0.570. The second-order valence-corrected chi connectivity index (χ2v) is 8.72. The fourth-order valence-corrected chi connectivity index (χ4v) is 3.86. The normalized spacial score (nSPS) is 17.3. The van der Waals surface area contributed by atoms with Crippen LogP contribution in [0.1, 0.15) is 37.9 Å². The van der Waals surface area contributed by atoms with Crippen molar-refractivity contribution in [2.45, 2.75) is 58.3 Å². The Morgan fingerprint density at radius 3 is 2.75 bits per heavy atom. The third-order valence-electron chi connectivity index (χ3n) is 5.72. The molecule has 2 atom stereocenters. The Labute approximate surface area is 189 Å². The summed E-state index contributed by atoms with van der Waals surface area (Å²) < 4.78 is 12.4. The predicted molar refractivity (Wildman–Crippen MR) is 121 cm³/mol. The van der Waals surface area contributed by atoms with Crippen LogP contribution in [0.3, 0.4) is 0 Å². The van der Waals surface area contributed by atoms with Crippen LogP contribution >= 0.6 is 0 Å². The number of carbonyl (C=O) groups excluding carboxylic acids is 2. The first kappa shape index (κ1) is 23.8. The standard InChI is InChI=1S/C24H34N4O4/c1-18(2)9-11-27-14-21(25-17-27)13-22(23(29)31-3)28-12-10-20(15-28)26-24(30)32-16-19-7-5-4-6-8-19/h4-8,14,17-18,20,22H,9-13,15-16H2,1-3H3,(H,26,30)/t20-,22-/m0/s1. The molecule has 1 fully saturated rings. The highest BCUT2D eigenvalue weighted by Crippen LogP contribution is 2.18. The van der Waals surface area contributed by atoms with E-state index in [1.807, 2.05) is 42.9 Å². The van der Waals surface area contributed by atoms with Gasteiger partial charge in [-0.1, -0.05) is 44.2 Å². The number of hydrogen-bond acceptors (Lipinski definition) is 6. The van der Waals surface area contributed by atoms with Gasteiger partial charge in [-0.25, -0.2) is 9.78 Å². The minimum atomic E-state index is -0.445. The molecule has 2 heterocycles. The van der Waals surface area contributed by atoms with Gasteiger partial charge in [0.1, 0.15) is 12.6 Å². The summed E-state index contributed by atoms with van der Waals surface area (Å²) in [4.78, 5) is 31.2. The molecule has 32 heavy (non-hydrogen) atoms. The Morgan fingerprint density at radius 1 is 1.25 bits per heavy atom. The molecule has 1 aliphatic rings. The Balaban J connectivity index is 1.51. The minimum Gasteiger partial charge on any atom is -0.468 e. The maximum Gasteiger partial charge on any atom is 0.407 e. The zero-order chi connectivity index (χ0) is 22.9. The van der Waals surface area contributed by atoms with Gasteiger partial charge in [-0.2, -0.15) is 0 Å². The Kier molecular flexibility index (Phi) is 8.67. The molecule has 1 aromatic heterocycles. The average molecular weight is 443 g/mol. The fourth-order valence-electron chi connectivity index (χ4n) is 3.86. The summed E-state index contributed by atoms with van der Waals surface area (Å²) >= 11 is 0. The van der Waals surface area contributed by atoms with E-state index in [-0.39, 0.29) is 18.6 Å². The van der Waals surface area contributed by atoms with Crippen LogP contribution in [-0.2, 0) is 33.8 Å². The van der Waals surface area contributed by atoms with Crippen molar-refractivity contribution in [3.8, 4) is 0 Å². The lowest BCUT2D eigenvalue weighted by Crippen LogP contribution is -2.44. The maximum absolute atomic E-state index is 12.5. The van der Waals surface area contributed by atoms with Crippen molar-refractivity contribution in [2.75, 3.05) is 20.2 Å². The van der Waals surface area contributed by atoms with Crippen molar-refractivity contribution in [1.82, 2.24) is 19.8 Å². The molecule has 3 rings (SSSR count). The van der Waals surface area contributed by atoms with Gasteiger partial charge in [0.15, 0.2) is 0 Å². The predicted octanol–water partition coefficient (Wildman–Crippen LogP) is 3.01. The molecule has 1 aliphatic heterocycles. The van der Waals surface area contributed by atoms with E-state index in [9.17, 15) is 9.59 Å². The summed E-state index contributed by atoms with van der Waals surface area (Å²) in [6, 6.07) is 9.06. The summed E-state index contributed by atoms with van der Waals surface area (Å²) in [7, 11) is 1.41. The fraction of sp³-hybridized carbons (Fsp3) is 0.542. The van der Waals surface area contributed by atoms with Crippen LogP contribution in [0.5, 0.6) is 0 Å². The Bertz CT molecular complexity index is 868. The number of carbonyl (C=O) groups is 2. The number of nitrogens with zero attached hydrogens (tertiary/aromatic N) is 3. The number of imidazole rings is 1. The summed E-state index contributed by atoms with van der Waals surface area (Å²) in [6.45, 7) is 6.79. The molecule has 1 N–H and O–H groups in total. The molecule has 8 heteroatoms. The largest absolute Gasteiger partial charge is 0.468 e. The number of amides is 1. The third kappa shape index (κ3) is 7.09. The van der Waals surface area contributed by atoms with Crippen molar-refractivity contribution in [3.05, 3.63) is 54.1 Å². The van der Waals surface area contributed by atoms with Crippen molar-refractivity contribution >= 4 is 12.1 Å². The number of nitrogens with one attached hydrogen (secondary N) is 1. The van der Waals surface area contributed by atoms with E-state index in [1.165, 1.54) is 7.11 Å². The molecule has 0 radical (unpaired) electrons. The van der Waals surface area contributed by atoms with Gasteiger partial charge >= 0.3 is 12.1 Å². The summed E-state index contributed by atoms with van der Waals surface area (Å²) in [5.41, 5.74) is 1.80. The number of rotatable bonds is 10. The Morgan fingerprint density at radius 2 is 2.03 bits per heavy atom. The van der Waals surface area contributed by atoms with Crippen LogP contribution in [0.25, 0.3) is 0 Å². The van der Waals surface area contributed by atoms with Gasteiger partial charge in [-0.15, -0.1) is 0 Å². The minimum absolute atomic E-state index is 0.0750. The number of methoxy groups -OCH3 is 1. The van der Waals surface area contributed by atoms with Crippen LogP contribution in [0.15, 0.2) is 42.9 Å². The molecule has 0 saturated carbocycles. The van der Waals surface area contributed by atoms with Crippen LogP contribution in [0.4, 0.5) is 4.79 Å². The van der Waals surface area contributed by atoms with Crippen LogP contribution in [0, 0.1) is 5.92 Å².